The summed E-state index contributed by atoms with van der Waals surface area (Å²) in [6, 6.07) is 9.65. The molecule has 2 fully saturated rings. The zero-order valence-corrected chi connectivity index (χ0v) is 25.0. The molecule has 216 valence electrons. The van der Waals surface area contributed by atoms with E-state index in [-0.39, 0.29) is 4.90 Å². The van der Waals surface area contributed by atoms with Crippen molar-refractivity contribution >= 4 is 48.0 Å². The summed E-state index contributed by atoms with van der Waals surface area (Å²) in [7, 11) is -7.41. The lowest BCUT2D eigenvalue weighted by molar-refractivity contribution is 0.102. The van der Waals surface area contributed by atoms with Crippen molar-refractivity contribution in [2.45, 2.75) is 63.0 Å². The van der Waals surface area contributed by atoms with Crippen LogP contribution in [-0.2, 0) is 19.9 Å². The van der Waals surface area contributed by atoms with E-state index >= 15 is 0 Å². The van der Waals surface area contributed by atoms with Gasteiger partial charge in [0.25, 0.3) is 5.91 Å². The summed E-state index contributed by atoms with van der Waals surface area (Å²) in [5, 5.41) is 12.9. The fraction of sp³-hybridized carbons (Fsp3) is 0.483. The standard InChI is InChI=1S/C29H37N3O6S2/c1-20-19-32(40(37,38)28(2,3)4)26-17-21(5-7-23(20)26)30-27(34)24-8-6-22(39(35,36)16-15-33)18-25(24)31-13-11-29(9-10-29)12-14-31/h5-8,17-19,33H,9-16H2,1-4H3,(H,30,34). The lowest BCUT2D eigenvalue weighted by atomic mass is 9.93. The van der Waals surface area contributed by atoms with Crippen molar-refractivity contribution in [3.05, 3.63) is 53.7 Å². The molecule has 40 heavy (non-hydrogen) atoms. The molecule has 1 spiro atoms. The summed E-state index contributed by atoms with van der Waals surface area (Å²) in [5.41, 5.74) is 2.99. The minimum absolute atomic E-state index is 0.0712. The maximum absolute atomic E-state index is 13.6. The number of nitrogens with one attached hydrogen (secondary N) is 1. The molecule has 2 heterocycles. The second kappa shape index (κ2) is 9.88. The van der Waals surface area contributed by atoms with Crippen molar-refractivity contribution in [1.82, 2.24) is 3.97 Å². The number of hydrogen-bond donors (Lipinski definition) is 2. The third kappa shape index (κ3) is 5.14. The van der Waals surface area contributed by atoms with Crippen LogP contribution in [0.4, 0.5) is 11.4 Å². The topological polar surface area (TPSA) is 126 Å². The number of aliphatic hydroxyl groups is 1. The second-order valence-corrected chi connectivity index (χ2v) is 16.8. The number of aryl methyl sites for hydroxylation is 1. The van der Waals surface area contributed by atoms with Gasteiger partial charge in [0.1, 0.15) is 0 Å². The summed E-state index contributed by atoms with van der Waals surface area (Å²) in [5.74, 6) is -0.807. The molecule has 0 unspecified atom stereocenters. The van der Waals surface area contributed by atoms with Crippen molar-refractivity contribution in [1.29, 1.82) is 0 Å². The first kappa shape index (κ1) is 28.6. The van der Waals surface area contributed by atoms with Crippen molar-refractivity contribution < 1.29 is 26.7 Å². The summed E-state index contributed by atoms with van der Waals surface area (Å²) in [4.78, 5) is 15.8. The number of anilines is 2. The number of fused-ring (bicyclic) bond motifs is 1. The molecule has 3 aromatic rings. The summed E-state index contributed by atoms with van der Waals surface area (Å²) in [6.45, 7) is 7.76. The fourth-order valence-corrected chi connectivity index (χ4v) is 7.77. The number of amides is 1. The van der Waals surface area contributed by atoms with Gasteiger partial charge < -0.3 is 15.3 Å². The highest BCUT2D eigenvalue weighted by Gasteiger charge is 2.44. The quantitative estimate of drug-likeness (QED) is 0.422. The van der Waals surface area contributed by atoms with Crippen molar-refractivity contribution in [3.8, 4) is 0 Å². The number of carbonyl (C=O) groups excluding carboxylic acids is 1. The molecule has 0 radical (unpaired) electrons. The third-order valence-electron chi connectivity index (χ3n) is 8.32. The van der Waals surface area contributed by atoms with Gasteiger partial charge in [0, 0.05) is 30.4 Å². The Labute approximate surface area is 236 Å². The molecule has 2 aromatic carbocycles. The van der Waals surface area contributed by atoms with Crippen LogP contribution in [0.25, 0.3) is 10.9 Å². The zero-order valence-electron chi connectivity index (χ0n) is 23.4. The van der Waals surface area contributed by atoms with E-state index < -0.39 is 42.9 Å². The fourth-order valence-electron chi connectivity index (χ4n) is 5.43. The minimum atomic E-state index is -3.71. The van der Waals surface area contributed by atoms with Crippen LogP contribution in [0.15, 0.2) is 47.5 Å². The minimum Gasteiger partial charge on any atom is -0.395 e. The molecule has 9 nitrogen and oxygen atoms in total. The average molecular weight is 588 g/mol. The molecule has 1 saturated heterocycles. The number of piperidine rings is 1. The van der Waals surface area contributed by atoms with Gasteiger partial charge in [0.05, 0.1) is 38.8 Å². The Morgan fingerprint density at radius 3 is 2.27 bits per heavy atom. The van der Waals surface area contributed by atoms with Crippen molar-refractivity contribution in [3.63, 3.8) is 0 Å². The van der Waals surface area contributed by atoms with Crippen LogP contribution in [0.2, 0.25) is 0 Å². The monoisotopic (exact) mass is 587 g/mol. The Bertz CT molecular complexity index is 1690. The third-order valence-corrected chi connectivity index (χ3v) is 12.4. The van der Waals surface area contributed by atoms with E-state index in [2.05, 4.69) is 10.2 Å². The van der Waals surface area contributed by atoms with Gasteiger partial charge in [-0.2, -0.15) is 0 Å². The predicted octanol–water partition coefficient (Wildman–Crippen LogP) is 4.32. The predicted molar refractivity (Wildman–Crippen MR) is 157 cm³/mol. The van der Waals surface area contributed by atoms with Crippen LogP contribution in [0, 0.1) is 12.3 Å². The molecule has 2 aliphatic rings. The van der Waals surface area contributed by atoms with Gasteiger partial charge in [-0.1, -0.05) is 6.07 Å². The molecule has 1 aliphatic carbocycles. The number of rotatable bonds is 7. The summed E-state index contributed by atoms with van der Waals surface area (Å²) < 4.78 is 52.3. The van der Waals surface area contributed by atoms with Gasteiger partial charge >= 0.3 is 0 Å². The van der Waals surface area contributed by atoms with Crippen LogP contribution < -0.4 is 10.2 Å². The Kier molecular flexibility index (Phi) is 7.07. The number of carbonyl (C=O) groups is 1. The number of aliphatic hydroxyl groups excluding tert-OH is 1. The van der Waals surface area contributed by atoms with Gasteiger partial charge in [0.2, 0.25) is 10.0 Å². The molecule has 1 aliphatic heterocycles. The lowest BCUT2D eigenvalue weighted by Gasteiger charge is -2.35. The van der Waals surface area contributed by atoms with Crippen LogP contribution in [0.5, 0.6) is 0 Å². The average Bonchev–Trinajstić information content (AvgIpc) is 3.55. The van der Waals surface area contributed by atoms with E-state index in [1.165, 1.54) is 28.9 Å². The molecule has 0 atom stereocenters. The first-order valence-electron chi connectivity index (χ1n) is 13.6. The highest BCUT2D eigenvalue weighted by atomic mass is 32.2. The van der Waals surface area contributed by atoms with E-state index in [9.17, 15) is 26.7 Å². The van der Waals surface area contributed by atoms with E-state index in [4.69, 9.17) is 0 Å². The summed E-state index contributed by atoms with van der Waals surface area (Å²) in [6.07, 6.45) is 6.03. The maximum Gasteiger partial charge on any atom is 0.257 e. The maximum atomic E-state index is 13.6. The van der Waals surface area contributed by atoms with Gasteiger partial charge in [-0.15, -0.1) is 0 Å². The van der Waals surface area contributed by atoms with Crippen LogP contribution in [0.3, 0.4) is 0 Å². The second-order valence-electron chi connectivity index (χ2n) is 12.1. The molecule has 0 bridgehead atoms. The zero-order chi connectivity index (χ0) is 29.1. The van der Waals surface area contributed by atoms with Gasteiger partial charge in [-0.3, -0.25) is 4.79 Å². The highest BCUT2D eigenvalue weighted by molar-refractivity contribution is 7.91. The molecule has 11 heteroatoms. The Balaban J connectivity index is 1.51. The lowest BCUT2D eigenvalue weighted by Crippen LogP contribution is -2.36. The largest absolute Gasteiger partial charge is 0.395 e. The van der Waals surface area contributed by atoms with E-state index in [1.807, 2.05) is 6.92 Å². The smallest absolute Gasteiger partial charge is 0.257 e. The first-order valence-corrected chi connectivity index (χ1v) is 16.7. The van der Waals surface area contributed by atoms with Crippen molar-refractivity contribution in [2.75, 3.05) is 35.7 Å². The number of nitrogens with zero attached hydrogens (tertiary/aromatic N) is 2. The first-order chi connectivity index (χ1) is 18.7. The van der Waals surface area contributed by atoms with Gasteiger partial charge in [0.15, 0.2) is 9.84 Å². The molecule has 1 aromatic heterocycles. The van der Waals surface area contributed by atoms with Crippen LogP contribution >= 0.6 is 0 Å². The number of hydrogen-bond acceptors (Lipinski definition) is 7. The SMILES string of the molecule is Cc1cn(S(=O)(=O)C(C)(C)C)c2cc(NC(=O)c3ccc(S(=O)(=O)CCO)cc3N3CCC4(CC3)CC4)ccc12. The molecule has 2 N–H and O–H groups in total. The Morgan fingerprint density at radius 1 is 1.00 bits per heavy atom. The van der Waals surface area contributed by atoms with Gasteiger partial charge in [-0.05, 0) is 94.7 Å². The summed E-state index contributed by atoms with van der Waals surface area (Å²) >= 11 is 0. The molecule has 5 rings (SSSR count). The van der Waals surface area contributed by atoms with E-state index in [0.29, 0.717) is 27.9 Å². The van der Waals surface area contributed by atoms with Crippen LogP contribution in [-0.4, -0.2) is 62.0 Å². The highest BCUT2D eigenvalue weighted by Crippen LogP contribution is 2.54. The van der Waals surface area contributed by atoms with E-state index in [0.717, 1.165) is 36.9 Å². The molecule has 1 amide bonds. The molecule has 1 saturated carbocycles. The Morgan fingerprint density at radius 2 is 1.68 bits per heavy atom. The van der Waals surface area contributed by atoms with E-state index in [1.54, 1.807) is 51.2 Å². The number of benzene rings is 2. The van der Waals surface area contributed by atoms with Gasteiger partial charge in [-0.25, -0.2) is 20.8 Å². The number of aromatic nitrogens is 1. The Hall–Kier alpha value is -2.89. The normalized spacial score (nSPS) is 17.4. The number of sulfone groups is 1. The molecular weight excluding hydrogens is 550 g/mol. The van der Waals surface area contributed by atoms with Crippen molar-refractivity contribution in [2.24, 2.45) is 5.41 Å². The molecular formula is C29H37N3O6S2. The van der Waals surface area contributed by atoms with Crippen LogP contribution in [0.1, 0.15) is 62.4 Å².